The largest absolute Gasteiger partial charge is 0.396 e. The quantitative estimate of drug-likeness (QED) is 0.925. The molecule has 5 rings (SSSR count). The van der Waals surface area contributed by atoms with Crippen LogP contribution in [0.1, 0.15) is 38.7 Å². The first-order valence-electron chi connectivity index (χ1n) is 9.97. The van der Waals surface area contributed by atoms with E-state index in [-0.39, 0.29) is 5.41 Å². The molecule has 6 unspecified atom stereocenters. The second-order valence-corrected chi connectivity index (χ2v) is 8.46. The molecule has 3 nitrogen and oxygen atoms in total. The van der Waals surface area contributed by atoms with Gasteiger partial charge in [0.25, 0.3) is 0 Å². The average Bonchev–Trinajstić information content (AvgIpc) is 3.15. The van der Waals surface area contributed by atoms with Gasteiger partial charge in [-0.05, 0) is 49.8 Å². The summed E-state index contributed by atoms with van der Waals surface area (Å²) in [6.07, 6.45) is 3.82. The molecule has 1 aromatic rings. The van der Waals surface area contributed by atoms with E-state index in [1.54, 1.807) is 5.56 Å². The highest BCUT2D eigenvalue weighted by Crippen LogP contribution is 2.63. The van der Waals surface area contributed by atoms with E-state index in [1.165, 1.54) is 38.0 Å². The van der Waals surface area contributed by atoms with Crippen LogP contribution < -0.4 is 4.90 Å². The van der Waals surface area contributed by atoms with Crippen molar-refractivity contribution in [2.75, 3.05) is 31.1 Å². The number of benzene rings is 1. The normalized spacial score (nSPS) is 43.0. The van der Waals surface area contributed by atoms with Crippen molar-refractivity contribution < 1.29 is 5.11 Å². The molecule has 6 atom stereocenters. The van der Waals surface area contributed by atoms with E-state index >= 15 is 0 Å². The monoisotopic (exact) mass is 326 g/mol. The Morgan fingerprint density at radius 3 is 2.83 bits per heavy atom. The van der Waals surface area contributed by atoms with Crippen LogP contribution >= 0.6 is 0 Å². The predicted octanol–water partition coefficient (Wildman–Crippen LogP) is 2.88. The van der Waals surface area contributed by atoms with Crippen LogP contribution in [0.4, 0.5) is 5.69 Å². The molecule has 1 saturated carbocycles. The first kappa shape index (κ1) is 15.2. The highest BCUT2D eigenvalue weighted by Gasteiger charge is 2.67. The Hall–Kier alpha value is -1.06. The lowest BCUT2D eigenvalue weighted by Crippen LogP contribution is -2.66. The number of fused-ring (bicyclic) bond motifs is 2. The number of hydrogen-bond donors (Lipinski definition) is 1. The van der Waals surface area contributed by atoms with Crippen LogP contribution in [0.3, 0.4) is 0 Å². The molecule has 1 aliphatic carbocycles. The molecule has 2 bridgehead atoms. The van der Waals surface area contributed by atoms with Crippen LogP contribution in [-0.4, -0.2) is 48.3 Å². The van der Waals surface area contributed by atoms with Crippen LogP contribution in [0, 0.1) is 17.8 Å². The zero-order chi connectivity index (χ0) is 16.5. The maximum Gasteiger partial charge on any atom is 0.0482 e. The van der Waals surface area contributed by atoms with E-state index in [2.05, 4.69) is 47.9 Å². The van der Waals surface area contributed by atoms with Gasteiger partial charge in [-0.15, -0.1) is 0 Å². The van der Waals surface area contributed by atoms with Gasteiger partial charge in [0.1, 0.15) is 0 Å². The summed E-state index contributed by atoms with van der Waals surface area (Å²) in [5.74, 6) is 1.89. The number of rotatable bonds is 3. The van der Waals surface area contributed by atoms with E-state index in [9.17, 15) is 5.11 Å². The maximum atomic E-state index is 10.4. The topological polar surface area (TPSA) is 26.7 Å². The van der Waals surface area contributed by atoms with Gasteiger partial charge >= 0.3 is 0 Å². The Morgan fingerprint density at radius 1 is 1.25 bits per heavy atom. The van der Waals surface area contributed by atoms with Gasteiger partial charge in [0.05, 0.1) is 0 Å². The molecule has 3 fully saturated rings. The summed E-state index contributed by atoms with van der Waals surface area (Å²) < 4.78 is 0. The molecule has 3 aliphatic heterocycles. The van der Waals surface area contributed by atoms with Crippen LogP contribution in [0.25, 0.3) is 0 Å². The van der Waals surface area contributed by atoms with E-state index in [4.69, 9.17) is 0 Å². The summed E-state index contributed by atoms with van der Waals surface area (Å²) in [6, 6.07) is 10.3. The Kier molecular flexibility index (Phi) is 3.31. The molecule has 130 valence electrons. The third-order valence-electron chi connectivity index (χ3n) is 8.03. The minimum Gasteiger partial charge on any atom is -0.396 e. The molecule has 3 heterocycles. The Morgan fingerprint density at radius 2 is 2.08 bits per heavy atom. The number of hydrogen-bond acceptors (Lipinski definition) is 3. The van der Waals surface area contributed by atoms with Crippen molar-refractivity contribution >= 4 is 5.69 Å². The van der Waals surface area contributed by atoms with Gasteiger partial charge in [-0.1, -0.05) is 31.5 Å². The van der Waals surface area contributed by atoms with Crippen LogP contribution in [-0.2, 0) is 5.41 Å². The summed E-state index contributed by atoms with van der Waals surface area (Å²) in [4.78, 5) is 5.46. The molecule has 2 saturated heterocycles. The van der Waals surface area contributed by atoms with Gasteiger partial charge in [0.15, 0.2) is 0 Å². The zero-order valence-electron chi connectivity index (χ0n) is 15.0. The first-order chi connectivity index (χ1) is 11.8. The third-order valence-corrected chi connectivity index (χ3v) is 8.03. The first-order valence-corrected chi connectivity index (χ1v) is 9.97. The van der Waals surface area contributed by atoms with Gasteiger partial charge in [0.2, 0.25) is 0 Å². The fraction of sp³-hybridized carbons (Fsp3) is 0.714. The number of likely N-dealkylation sites (N-methyl/N-ethyl adjacent to an activating group) is 1. The molecule has 1 aromatic carbocycles. The van der Waals surface area contributed by atoms with E-state index in [0.29, 0.717) is 30.5 Å². The standard InChI is InChI=1S/C21H30N2O/c1-3-14-12-22-10-9-21-17-7-5-6-8-18(17)23(4-2)20(21)16(13-24)15(14)11-19(21)22/h5-8,14-16,19-20,24H,3-4,9-13H2,1-2H3. The third kappa shape index (κ3) is 1.61. The van der Waals surface area contributed by atoms with Gasteiger partial charge in [0, 0.05) is 48.8 Å². The number of nitrogens with zero attached hydrogens (tertiary/aromatic N) is 2. The molecule has 0 aromatic heterocycles. The van der Waals surface area contributed by atoms with Crippen molar-refractivity contribution in [2.45, 2.75) is 50.6 Å². The fourth-order valence-corrected chi connectivity index (χ4v) is 7.21. The number of aliphatic hydroxyl groups excluding tert-OH is 1. The number of anilines is 1. The van der Waals surface area contributed by atoms with Gasteiger partial charge in [-0.2, -0.15) is 0 Å². The lowest BCUT2D eigenvalue weighted by atomic mass is 9.54. The molecule has 0 radical (unpaired) electrons. The van der Waals surface area contributed by atoms with Gasteiger partial charge < -0.3 is 10.0 Å². The molecule has 24 heavy (non-hydrogen) atoms. The van der Waals surface area contributed by atoms with Crippen LogP contribution in [0.2, 0.25) is 0 Å². The molecular weight excluding hydrogens is 296 g/mol. The fourth-order valence-electron chi connectivity index (χ4n) is 7.21. The SMILES string of the molecule is CCC1CN2CCC34c5ccccc5N(CC)C3C(CO)C1CC24. The minimum absolute atomic E-state index is 0.259. The maximum absolute atomic E-state index is 10.4. The second-order valence-electron chi connectivity index (χ2n) is 8.46. The highest BCUT2D eigenvalue weighted by atomic mass is 16.3. The predicted molar refractivity (Wildman–Crippen MR) is 97.4 cm³/mol. The number of para-hydroxylation sites is 1. The summed E-state index contributed by atoms with van der Waals surface area (Å²) in [7, 11) is 0. The lowest BCUT2D eigenvalue weighted by molar-refractivity contribution is -0.0420. The van der Waals surface area contributed by atoms with E-state index < -0.39 is 0 Å². The zero-order valence-corrected chi connectivity index (χ0v) is 15.0. The summed E-state index contributed by atoms with van der Waals surface area (Å²) in [6.45, 7) is 8.54. The van der Waals surface area contributed by atoms with Crippen LogP contribution in [0.15, 0.2) is 24.3 Å². The Labute approximate surface area is 145 Å². The van der Waals surface area contributed by atoms with Crippen molar-refractivity contribution in [2.24, 2.45) is 17.8 Å². The van der Waals surface area contributed by atoms with Crippen LogP contribution in [0.5, 0.6) is 0 Å². The highest BCUT2D eigenvalue weighted by molar-refractivity contribution is 5.66. The molecule has 4 aliphatic rings. The summed E-state index contributed by atoms with van der Waals surface area (Å²) in [5, 5.41) is 10.4. The van der Waals surface area contributed by atoms with Gasteiger partial charge in [-0.25, -0.2) is 0 Å². The van der Waals surface area contributed by atoms with Crippen molar-refractivity contribution in [3.63, 3.8) is 0 Å². The Balaban J connectivity index is 1.71. The molecular formula is C21H30N2O. The van der Waals surface area contributed by atoms with Crippen molar-refractivity contribution in [1.29, 1.82) is 0 Å². The van der Waals surface area contributed by atoms with Crippen molar-refractivity contribution in [3.8, 4) is 0 Å². The molecule has 1 spiro atoms. The van der Waals surface area contributed by atoms with E-state index in [1.807, 2.05) is 0 Å². The average molecular weight is 326 g/mol. The number of piperidine rings is 1. The molecule has 0 amide bonds. The van der Waals surface area contributed by atoms with E-state index in [0.717, 1.165) is 12.5 Å². The summed E-state index contributed by atoms with van der Waals surface area (Å²) >= 11 is 0. The molecule has 3 heteroatoms. The minimum atomic E-state index is 0.259. The van der Waals surface area contributed by atoms with Gasteiger partial charge in [-0.3, -0.25) is 4.90 Å². The summed E-state index contributed by atoms with van der Waals surface area (Å²) in [5.41, 5.74) is 3.29. The van der Waals surface area contributed by atoms with Crippen molar-refractivity contribution in [3.05, 3.63) is 29.8 Å². The Bertz CT molecular complexity index is 646. The molecule has 1 N–H and O–H groups in total. The lowest BCUT2D eigenvalue weighted by Gasteiger charge is -2.58. The number of aliphatic hydroxyl groups is 1. The smallest absolute Gasteiger partial charge is 0.0482 e. The second kappa shape index (κ2) is 5.22. The van der Waals surface area contributed by atoms with Crippen molar-refractivity contribution in [1.82, 2.24) is 4.90 Å².